The second kappa shape index (κ2) is 6.97. The standard InChI is InChI=1S/C18H26N2O3/c1-3-22-12-16-5-4-8-18(16)13-20(9-10-23-18)17(21)15-7-6-14(2)19-11-15/h6-7,11,16H,3-5,8-10,12-13H2,1-2H3/t16-,18+/m1/s1. The fraction of sp³-hybridized carbons (Fsp3) is 0.667. The highest BCUT2D eigenvalue weighted by molar-refractivity contribution is 5.94. The number of morpholine rings is 1. The van der Waals surface area contributed by atoms with Crippen molar-refractivity contribution in [1.29, 1.82) is 0 Å². The van der Waals surface area contributed by atoms with E-state index in [4.69, 9.17) is 9.47 Å². The Hall–Kier alpha value is -1.46. The zero-order chi connectivity index (χ0) is 16.3. The number of pyridine rings is 1. The Morgan fingerprint density at radius 3 is 3.13 bits per heavy atom. The number of carbonyl (C=O) groups excluding carboxylic acids is 1. The summed E-state index contributed by atoms with van der Waals surface area (Å²) >= 11 is 0. The third-order valence-electron chi connectivity index (χ3n) is 5.07. The van der Waals surface area contributed by atoms with Crippen molar-refractivity contribution < 1.29 is 14.3 Å². The molecule has 3 rings (SSSR count). The van der Waals surface area contributed by atoms with E-state index in [9.17, 15) is 4.79 Å². The second-order valence-corrected chi connectivity index (χ2v) is 6.58. The fourth-order valence-electron chi connectivity index (χ4n) is 3.77. The molecule has 1 aromatic rings. The largest absolute Gasteiger partial charge is 0.381 e. The minimum Gasteiger partial charge on any atom is -0.381 e. The van der Waals surface area contributed by atoms with E-state index in [1.54, 1.807) is 6.20 Å². The average molecular weight is 318 g/mol. The molecule has 2 atom stereocenters. The summed E-state index contributed by atoms with van der Waals surface area (Å²) in [7, 11) is 0. The molecule has 0 N–H and O–H groups in total. The normalized spacial score (nSPS) is 27.6. The second-order valence-electron chi connectivity index (χ2n) is 6.58. The molecule has 0 radical (unpaired) electrons. The molecule has 1 aliphatic carbocycles. The first-order chi connectivity index (χ1) is 11.1. The SMILES string of the molecule is CCOC[C@H]1CCC[C@]12CN(C(=O)c1ccc(C)nc1)CCO2. The molecule has 5 heteroatoms. The molecular formula is C18H26N2O3. The highest BCUT2D eigenvalue weighted by Crippen LogP contribution is 2.41. The van der Waals surface area contributed by atoms with Crippen molar-refractivity contribution in [2.75, 3.05) is 32.9 Å². The molecule has 2 heterocycles. The maximum Gasteiger partial charge on any atom is 0.255 e. The minimum absolute atomic E-state index is 0.0576. The minimum atomic E-state index is -0.221. The molecule has 126 valence electrons. The Bertz CT molecular complexity index is 546. The molecule has 5 nitrogen and oxygen atoms in total. The third kappa shape index (κ3) is 3.40. The van der Waals surface area contributed by atoms with Gasteiger partial charge in [-0.05, 0) is 38.8 Å². The van der Waals surface area contributed by atoms with Gasteiger partial charge in [-0.1, -0.05) is 6.42 Å². The van der Waals surface area contributed by atoms with Crippen LogP contribution in [0, 0.1) is 12.8 Å². The van der Waals surface area contributed by atoms with Crippen LogP contribution in [0.15, 0.2) is 18.3 Å². The molecule has 1 spiro atoms. The number of hydrogen-bond acceptors (Lipinski definition) is 4. The molecule has 1 saturated heterocycles. The molecule has 1 amide bonds. The van der Waals surface area contributed by atoms with Gasteiger partial charge in [-0.3, -0.25) is 9.78 Å². The van der Waals surface area contributed by atoms with Gasteiger partial charge in [-0.2, -0.15) is 0 Å². The lowest BCUT2D eigenvalue weighted by Gasteiger charge is -2.44. The lowest BCUT2D eigenvalue weighted by atomic mass is 9.89. The monoisotopic (exact) mass is 318 g/mol. The van der Waals surface area contributed by atoms with Crippen molar-refractivity contribution >= 4 is 5.91 Å². The molecule has 23 heavy (non-hydrogen) atoms. The van der Waals surface area contributed by atoms with Crippen molar-refractivity contribution in [1.82, 2.24) is 9.88 Å². The van der Waals surface area contributed by atoms with E-state index in [1.807, 2.05) is 30.9 Å². The Morgan fingerprint density at radius 2 is 2.39 bits per heavy atom. The van der Waals surface area contributed by atoms with Crippen LogP contribution in [0.1, 0.15) is 42.2 Å². The van der Waals surface area contributed by atoms with Crippen LogP contribution in [0.3, 0.4) is 0 Å². The van der Waals surface area contributed by atoms with Gasteiger partial charge in [0.25, 0.3) is 5.91 Å². The molecule has 1 aromatic heterocycles. The summed E-state index contributed by atoms with van der Waals surface area (Å²) < 4.78 is 11.8. The number of carbonyl (C=O) groups is 1. The molecular weight excluding hydrogens is 292 g/mol. The number of ether oxygens (including phenoxy) is 2. The zero-order valence-corrected chi connectivity index (χ0v) is 14.1. The number of aryl methyl sites for hydroxylation is 1. The molecule has 0 aromatic carbocycles. The number of aromatic nitrogens is 1. The van der Waals surface area contributed by atoms with E-state index in [0.29, 0.717) is 31.2 Å². The molecule has 0 bridgehead atoms. The predicted molar refractivity (Wildman–Crippen MR) is 87.4 cm³/mol. The zero-order valence-electron chi connectivity index (χ0n) is 14.1. The van der Waals surface area contributed by atoms with E-state index < -0.39 is 0 Å². The first-order valence-electron chi connectivity index (χ1n) is 8.58. The van der Waals surface area contributed by atoms with Crippen molar-refractivity contribution in [3.05, 3.63) is 29.6 Å². The van der Waals surface area contributed by atoms with E-state index in [0.717, 1.165) is 38.2 Å². The number of rotatable bonds is 4. The maximum absolute atomic E-state index is 12.8. The smallest absolute Gasteiger partial charge is 0.255 e. The van der Waals surface area contributed by atoms with Crippen LogP contribution in [0.4, 0.5) is 0 Å². The van der Waals surface area contributed by atoms with Gasteiger partial charge >= 0.3 is 0 Å². The van der Waals surface area contributed by atoms with E-state index in [-0.39, 0.29) is 11.5 Å². The maximum atomic E-state index is 12.8. The molecule has 1 aliphatic heterocycles. The van der Waals surface area contributed by atoms with Gasteiger partial charge in [0.2, 0.25) is 0 Å². The third-order valence-corrected chi connectivity index (χ3v) is 5.07. The van der Waals surface area contributed by atoms with Crippen molar-refractivity contribution in [2.24, 2.45) is 5.92 Å². The van der Waals surface area contributed by atoms with E-state index >= 15 is 0 Å². The summed E-state index contributed by atoms with van der Waals surface area (Å²) in [6.07, 6.45) is 4.95. The average Bonchev–Trinajstić information content (AvgIpc) is 2.94. The summed E-state index contributed by atoms with van der Waals surface area (Å²) in [4.78, 5) is 18.9. The van der Waals surface area contributed by atoms with Gasteiger partial charge in [-0.25, -0.2) is 0 Å². The number of nitrogens with zero attached hydrogens (tertiary/aromatic N) is 2. The summed E-state index contributed by atoms with van der Waals surface area (Å²) in [5.41, 5.74) is 1.36. The fourth-order valence-corrected chi connectivity index (χ4v) is 3.77. The van der Waals surface area contributed by atoms with E-state index in [1.165, 1.54) is 0 Å². The van der Waals surface area contributed by atoms with Crippen LogP contribution in [-0.2, 0) is 9.47 Å². The van der Waals surface area contributed by atoms with Crippen LogP contribution < -0.4 is 0 Å². The number of amides is 1. The first kappa shape index (κ1) is 16.4. The quantitative estimate of drug-likeness (QED) is 0.855. The Morgan fingerprint density at radius 1 is 1.52 bits per heavy atom. The van der Waals surface area contributed by atoms with Gasteiger partial charge in [-0.15, -0.1) is 0 Å². The summed E-state index contributed by atoms with van der Waals surface area (Å²) in [5.74, 6) is 0.441. The predicted octanol–water partition coefficient (Wildman–Crippen LogP) is 2.44. The van der Waals surface area contributed by atoms with Gasteiger partial charge in [0, 0.05) is 31.0 Å². The van der Waals surface area contributed by atoms with E-state index in [2.05, 4.69) is 4.98 Å². The van der Waals surface area contributed by atoms with Gasteiger partial charge < -0.3 is 14.4 Å². The highest BCUT2D eigenvalue weighted by atomic mass is 16.5. The van der Waals surface area contributed by atoms with Crippen molar-refractivity contribution in [3.63, 3.8) is 0 Å². The summed E-state index contributed by atoms with van der Waals surface area (Å²) in [5, 5.41) is 0. The van der Waals surface area contributed by atoms with Crippen molar-refractivity contribution in [3.8, 4) is 0 Å². The first-order valence-corrected chi connectivity index (χ1v) is 8.58. The van der Waals surface area contributed by atoms with Gasteiger partial charge in [0.1, 0.15) is 0 Å². The van der Waals surface area contributed by atoms with Crippen LogP contribution in [-0.4, -0.2) is 54.3 Å². The summed E-state index contributed by atoms with van der Waals surface area (Å²) in [6.45, 7) is 7.31. The molecule has 2 aliphatic rings. The molecule has 0 unspecified atom stereocenters. The van der Waals surface area contributed by atoms with Gasteiger partial charge in [0.15, 0.2) is 0 Å². The topological polar surface area (TPSA) is 51.7 Å². The van der Waals surface area contributed by atoms with Crippen LogP contribution in [0.2, 0.25) is 0 Å². The number of hydrogen-bond donors (Lipinski definition) is 0. The van der Waals surface area contributed by atoms with Gasteiger partial charge in [0.05, 0.1) is 30.9 Å². The summed E-state index contributed by atoms with van der Waals surface area (Å²) in [6, 6.07) is 3.75. The van der Waals surface area contributed by atoms with Crippen LogP contribution in [0.25, 0.3) is 0 Å². The van der Waals surface area contributed by atoms with Crippen LogP contribution in [0.5, 0.6) is 0 Å². The molecule has 1 saturated carbocycles. The lowest BCUT2D eigenvalue weighted by Crippen LogP contribution is -2.56. The molecule has 2 fully saturated rings. The lowest BCUT2D eigenvalue weighted by molar-refractivity contribution is -0.132. The van der Waals surface area contributed by atoms with Crippen LogP contribution >= 0.6 is 0 Å². The Kier molecular flexibility index (Phi) is 4.97. The Labute approximate surface area is 138 Å². The Balaban J connectivity index is 1.72. The van der Waals surface area contributed by atoms with Crippen molar-refractivity contribution in [2.45, 2.75) is 38.7 Å². The highest BCUT2D eigenvalue weighted by Gasteiger charge is 2.47.